The highest BCUT2D eigenvalue weighted by Gasteiger charge is 2.31. The van der Waals surface area contributed by atoms with Gasteiger partial charge in [0, 0.05) is 30.3 Å². The van der Waals surface area contributed by atoms with E-state index in [1.807, 2.05) is 19.9 Å². The molecule has 23 heavy (non-hydrogen) atoms. The molecule has 1 fully saturated rings. The van der Waals surface area contributed by atoms with E-state index in [2.05, 4.69) is 0 Å². The summed E-state index contributed by atoms with van der Waals surface area (Å²) in [7, 11) is 1.62. The molecule has 1 aliphatic heterocycles. The van der Waals surface area contributed by atoms with Crippen LogP contribution in [0.5, 0.6) is 0 Å². The summed E-state index contributed by atoms with van der Waals surface area (Å²) in [6.45, 7) is 5.24. The molecule has 4 nitrogen and oxygen atoms in total. The molecule has 6 heteroatoms. The molecule has 0 radical (unpaired) electrons. The zero-order valence-corrected chi connectivity index (χ0v) is 14.3. The van der Waals surface area contributed by atoms with Gasteiger partial charge in [-0.2, -0.15) is 0 Å². The van der Waals surface area contributed by atoms with Gasteiger partial charge in [-0.15, -0.1) is 11.3 Å². The Balaban J connectivity index is 1.91. The second-order valence-electron chi connectivity index (χ2n) is 5.90. The number of hydrogen-bond donors (Lipinski definition) is 0. The van der Waals surface area contributed by atoms with Crippen LogP contribution in [0.3, 0.4) is 0 Å². The lowest BCUT2D eigenvalue weighted by Crippen LogP contribution is -2.50. The van der Waals surface area contributed by atoms with Crippen LogP contribution in [0.15, 0.2) is 18.2 Å². The molecule has 124 valence electrons. The maximum Gasteiger partial charge on any atom is 0.264 e. The number of halogens is 1. The van der Waals surface area contributed by atoms with E-state index in [9.17, 15) is 9.18 Å². The van der Waals surface area contributed by atoms with Crippen LogP contribution >= 0.6 is 11.3 Å². The van der Waals surface area contributed by atoms with Crippen molar-refractivity contribution in [3.63, 3.8) is 0 Å². The summed E-state index contributed by atoms with van der Waals surface area (Å²) < 4.78 is 25.8. The van der Waals surface area contributed by atoms with Crippen molar-refractivity contribution in [1.29, 1.82) is 0 Å². The molecular weight excluding hydrogens is 317 g/mol. The third kappa shape index (κ3) is 3.11. The Morgan fingerprint density at radius 2 is 2.26 bits per heavy atom. The van der Waals surface area contributed by atoms with Crippen molar-refractivity contribution in [1.82, 2.24) is 4.90 Å². The number of carbonyl (C=O) groups excluding carboxylic acids is 1. The molecule has 0 bridgehead atoms. The molecule has 2 atom stereocenters. The smallest absolute Gasteiger partial charge is 0.264 e. The number of nitrogens with zero attached hydrogens (tertiary/aromatic N) is 1. The van der Waals surface area contributed by atoms with Gasteiger partial charge in [0.25, 0.3) is 5.91 Å². The van der Waals surface area contributed by atoms with E-state index in [1.54, 1.807) is 18.1 Å². The number of rotatable bonds is 3. The average molecular weight is 337 g/mol. The summed E-state index contributed by atoms with van der Waals surface area (Å²) in [5.41, 5.74) is 0.718. The summed E-state index contributed by atoms with van der Waals surface area (Å²) >= 11 is 1.35. The molecule has 0 aliphatic carbocycles. The van der Waals surface area contributed by atoms with E-state index in [4.69, 9.17) is 9.47 Å². The van der Waals surface area contributed by atoms with E-state index in [0.29, 0.717) is 30.0 Å². The van der Waals surface area contributed by atoms with Crippen LogP contribution in [-0.4, -0.2) is 49.8 Å². The van der Waals surface area contributed by atoms with Crippen molar-refractivity contribution >= 4 is 27.3 Å². The molecule has 1 amide bonds. The average Bonchev–Trinajstić information content (AvgIpc) is 2.84. The van der Waals surface area contributed by atoms with Gasteiger partial charge in [-0.1, -0.05) is 6.07 Å². The van der Waals surface area contributed by atoms with Gasteiger partial charge in [-0.25, -0.2) is 4.39 Å². The summed E-state index contributed by atoms with van der Waals surface area (Å²) in [4.78, 5) is 15.3. The van der Waals surface area contributed by atoms with Crippen LogP contribution in [0.4, 0.5) is 4.39 Å². The molecule has 1 aromatic carbocycles. The van der Waals surface area contributed by atoms with E-state index >= 15 is 0 Å². The first-order valence-corrected chi connectivity index (χ1v) is 8.44. The Hall–Kier alpha value is -1.50. The van der Waals surface area contributed by atoms with Crippen molar-refractivity contribution in [3.05, 3.63) is 34.5 Å². The molecule has 0 N–H and O–H groups in total. The second-order valence-corrected chi connectivity index (χ2v) is 6.96. The van der Waals surface area contributed by atoms with Gasteiger partial charge in [0.1, 0.15) is 5.82 Å². The first-order chi connectivity index (χ1) is 11.0. The van der Waals surface area contributed by atoms with E-state index < -0.39 is 0 Å². The number of fused-ring (bicyclic) bond motifs is 1. The van der Waals surface area contributed by atoms with E-state index in [0.717, 1.165) is 10.3 Å². The lowest BCUT2D eigenvalue weighted by Gasteiger charge is -2.36. The van der Waals surface area contributed by atoms with Gasteiger partial charge < -0.3 is 14.4 Å². The summed E-state index contributed by atoms with van der Waals surface area (Å²) in [5.74, 6) is -0.331. The first-order valence-electron chi connectivity index (χ1n) is 7.62. The van der Waals surface area contributed by atoms with Gasteiger partial charge >= 0.3 is 0 Å². The zero-order chi connectivity index (χ0) is 16.6. The SMILES string of the molecule is COC[C@H]1CN(C(=O)c2sc3cccc(F)c3c2C)C[C@H](C)O1. The zero-order valence-electron chi connectivity index (χ0n) is 13.5. The predicted molar refractivity (Wildman–Crippen MR) is 88.6 cm³/mol. The monoisotopic (exact) mass is 337 g/mol. The normalized spacial score (nSPS) is 21.8. The standard InChI is InChI=1S/C17H20FNO3S/c1-10-7-19(8-12(22-10)9-21-3)17(20)16-11(2)15-13(18)5-4-6-14(15)23-16/h4-6,10,12H,7-9H2,1-3H3/t10-,12+/m0/s1. The Bertz CT molecular complexity index is 730. The number of benzene rings is 1. The van der Waals surface area contributed by atoms with Crippen molar-refractivity contribution in [2.75, 3.05) is 26.8 Å². The lowest BCUT2D eigenvalue weighted by molar-refractivity contribution is -0.0918. The predicted octanol–water partition coefficient (Wildman–Crippen LogP) is 3.22. The van der Waals surface area contributed by atoms with Gasteiger partial charge in [0.05, 0.1) is 23.7 Å². The Morgan fingerprint density at radius 1 is 1.48 bits per heavy atom. The Morgan fingerprint density at radius 3 is 2.96 bits per heavy atom. The number of thiophene rings is 1. The number of hydrogen-bond acceptors (Lipinski definition) is 4. The summed E-state index contributed by atoms with van der Waals surface area (Å²) in [5, 5.41) is 0.551. The molecule has 0 unspecified atom stereocenters. The number of amides is 1. The molecule has 3 rings (SSSR count). The summed E-state index contributed by atoms with van der Waals surface area (Å²) in [6.07, 6.45) is -0.168. The molecule has 0 saturated carbocycles. The largest absolute Gasteiger partial charge is 0.382 e. The fraction of sp³-hybridized carbons (Fsp3) is 0.471. The molecular formula is C17H20FNO3S. The van der Waals surface area contributed by atoms with Crippen LogP contribution < -0.4 is 0 Å². The third-order valence-corrected chi connectivity index (χ3v) is 5.31. The topological polar surface area (TPSA) is 38.8 Å². The third-order valence-electron chi connectivity index (χ3n) is 4.06. The van der Waals surface area contributed by atoms with Gasteiger partial charge in [-0.05, 0) is 31.5 Å². The first kappa shape index (κ1) is 16.4. The quantitative estimate of drug-likeness (QED) is 0.863. The second kappa shape index (κ2) is 6.55. The Kier molecular flexibility index (Phi) is 4.66. The number of ether oxygens (including phenoxy) is 2. The van der Waals surface area contributed by atoms with Crippen LogP contribution in [0.25, 0.3) is 10.1 Å². The van der Waals surface area contributed by atoms with Gasteiger partial charge in [0.2, 0.25) is 0 Å². The van der Waals surface area contributed by atoms with Gasteiger partial charge in [0.15, 0.2) is 0 Å². The summed E-state index contributed by atoms with van der Waals surface area (Å²) in [6, 6.07) is 4.96. The molecule has 1 aliphatic rings. The van der Waals surface area contributed by atoms with Crippen LogP contribution in [-0.2, 0) is 9.47 Å². The molecule has 2 aromatic rings. The molecule has 1 aromatic heterocycles. The Labute approximate surface area is 138 Å². The maximum absolute atomic E-state index is 14.0. The highest BCUT2D eigenvalue weighted by atomic mass is 32.1. The highest BCUT2D eigenvalue weighted by molar-refractivity contribution is 7.21. The maximum atomic E-state index is 14.0. The minimum atomic E-state index is -0.275. The number of methoxy groups -OCH3 is 1. The fourth-order valence-corrected chi connectivity index (χ4v) is 4.28. The molecule has 2 heterocycles. The van der Waals surface area contributed by atoms with Crippen LogP contribution in [0.1, 0.15) is 22.2 Å². The molecule has 1 saturated heterocycles. The van der Waals surface area contributed by atoms with Crippen molar-refractivity contribution in [3.8, 4) is 0 Å². The van der Waals surface area contributed by atoms with Crippen molar-refractivity contribution < 1.29 is 18.7 Å². The highest BCUT2D eigenvalue weighted by Crippen LogP contribution is 2.33. The number of morpholine rings is 1. The minimum absolute atomic E-state index is 0.0423. The molecule has 0 spiro atoms. The van der Waals surface area contributed by atoms with Gasteiger partial charge in [-0.3, -0.25) is 4.79 Å². The number of aryl methyl sites for hydroxylation is 1. The van der Waals surface area contributed by atoms with Crippen molar-refractivity contribution in [2.45, 2.75) is 26.1 Å². The lowest BCUT2D eigenvalue weighted by atomic mass is 10.1. The van der Waals surface area contributed by atoms with E-state index in [1.165, 1.54) is 17.4 Å². The fourth-order valence-electron chi connectivity index (χ4n) is 3.09. The van der Waals surface area contributed by atoms with Crippen LogP contribution in [0.2, 0.25) is 0 Å². The van der Waals surface area contributed by atoms with Crippen molar-refractivity contribution in [2.24, 2.45) is 0 Å². The number of carbonyl (C=O) groups is 1. The minimum Gasteiger partial charge on any atom is -0.382 e. The van der Waals surface area contributed by atoms with Crippen LogP contribution in [0, 0.1) is 12.7 Å². The van der Waals surface area contributed by atoms with E-state index in [-0.39, 0.29) is 23.9 Å².